The molecule has 23 heavy (non-hydrogen) atoms. The smallest absolute Gasteiger partial charge is 0.240 e. The fraction of sp³-hybridized carbons (Fsp3) is 0.294. The summed E-state index contributed by atoms with van der Waals surface area (Å²) in [5.41, 5.74) is 0.809. The summed E-state index contributed by atoms with van der Waals surface area (Å²) in [5.74, 6) is 1.47. The maximum absolute atomic E-state index is 12.7. The van der Waals surface area contributed by atoms with Gasteiger partial charge in [0.1, 0.15) is 11.5 Å². The van der Waals surface area contributed by atoms with Gasteiger partial charge in [-0.25, -0.2) is 0 Å². The second-order valence-corrected chi connectivity index (χ2v) is 6.41. The SMILES string of the molecule is COc1cc(OC)cc(N2CC[C@H](Sc3ccncc3)C2=O)c1. The van der Waals surface area contributed by atoms with Crippen LogP contribution in [0.3, 0.4) is 0 Å². The number of carbonyl (C=O) groups excluding carboxylic acids is 1. The Morgan fingerprint density at radius 1 is 1.13 bits per heavy atom. The van der Waals surface area contributed by atoms with Gasteiger partial charge in [0.15, 0.2) is 0 Å². The molecule has 120 valence electrons. The van der Waals surface area contributed by atoms with Gasteiger partial charge < -0.3 is 14.4 Å². The van der Waals surface area contributed by atoms with E-state index in [4.69, 9.17) is 9.47 Å². The summed E-state index contributed by atoms with van der Waals surface area (Å²) >= 11 is 1.58. The number of pyridine rings is 1. The van der Waals surface area contributed by atoms with Crippen LogP contribution < -0.4 is 14.4 Å². The minimum absolute atomic E-state index is 0.0744. The first-order chi connectivity index (χ1) is 11.2. The summed E-state index contributed by atoms with van der Waals surface area (Å²) in [4.78, 5) is 19.6. The lowest BCUT2D eigenvalue weighted by Crippen LogP contribution is -2.28. The van der Waals surface area contributed by atoms with Gasteiger partial charge in [-0.3, -0.25) is 9.78 Å². The van der Waals surface area contributed by atoms with E-state index in [-0.39, 0.29) is 11.2 Å². The first kappa shape index (κ1) is 15.7. The molecule has 0 saturated carbocycles. The van der Waals surface area contributed by atoms with Gasteiger partial charge in [-0.2, -0.15) is 0 Å². The van der Waals surface area contributed by atoms with Crippen molar-refractivity contribution in [3.63, 3.8) is 0 Å². The fourth-order valence-electron chi connectivity index (χ4n) is 2.55. The molecule has 1 aliphatic heterocycles. The van der Waals surface area contributed by atoms with Crippen molar-refractivity contribution in [3.8, 4) is 11.5 Å². The van der Waals surface area contributed by atoms with Gasteiger partial charge in [-0.15, -0.1) is 11.8 Å². The minimum Gasteiger partial charge on any atom is -0.497 e. The number of hydrogen-bond acceptors (Lipinski definition) is 5. The summed E-state index contributed by atoms with van der Waals surface area (Å²) in [6.45, 7) is 0.692. The Hall–Kier alpha value is -2.21. The zero-order valence-electron chi connectivity index (χ0n) is 13.1. The molecule has 1 fully saturated rings. The number of anilines is 1. The first-order valence-electron chi connectivity index (χ1n) is 7.32. The number of hydrogen-bond donors (Lipinski definition) is 0. The molecular formula is C17H18N2O3S. The fourth-order valence-corrected chi connectivity index (χ4v) is 3.61. The van der Waals surface area contributed by atoms with Crippen LogP contribution in [-0.4, -0.2) is 36.9 Å². The largest absolute Gasteiger partial charge is 0.497 e. The van der Waals surface area contributed by atoms with Crippen LogP contribution in [-0.2, 0) is 4.79 Å². The third-order valence-electron chi connectivity index (χ3n) is 3.73. The Kier molecular flexibility index (Phi) is 4.71. The molecule has 0 bridgehead atoms. The van der Waals surface area contributed by atoms with Crippen LogP contribution in [0.4, 0.5) is 5.69 Å². The van der Waals surface area contributed by atoms with Crippen molar-refractivity contribution in [1.29, 1.82) is 0 Å². The third-order valence-corrected chi connectivity index (χ3v) is 5.00. The van der Waals surface area contributed by atoms with E-state index in [9.17, 15) is 4.79 Å². The van der Waals surface area contributed by atoms with E-state index >= 15 is 0 Å². The van der Waals surface area contributed by atoms with Crippen LogP contribution in [0, 0.1) is 0 Å². The van der Waals surface area contributed by atoms with E-state index in [1.165, 1.54) is 0 Å². The minimum atomic E-state index is -0.0744. The number of rotatable bonds is 5. The van der Waals surface area contributed by atoms with Gasteiger partial charge >= 0.3 is 0 Å². The quantitative estimate of drug-likeness (QED) is 0.843. The van der Waals surface area contributed by atoms with E-state index in [2.05, 4.69) is 4.98 Å². The molecule has 0 N–H and O–H groups in total. The molecule has 1 atom stereocenters. The van der Waals surface area contributed by atoms with E-state index in [0.717, 1.165) is 17.0 Å². The van der Waals surface area contributed by atoms with Gasteiger partial charge in [0.25, 0.3) is 0 Å². The molecule has 0 unspecified atom stereocenters. The van der Waals surface area contributed by atoms with Crippen molar-refractivity contribution in [2.45, 2.75) is 16.6 Å². The molecule has 2 heterocycles. The highest BCUT2D eigenvalue weighted by Crippen LogP contribution is 2.35. The van der Waals surface area contributed by atoms with Crippen LogP contribution in [0.2, 0.25) is 0 Å². The number of methoxy groups -OCH3 is 2. The number of ether oxygens (including phenoxy) is 2. The average molecular weight is 330 g/mol. The molecule has 1 aromatic carbocycles. The molecule has 2 aromatic rings. The molecule has 1 amide bonds. The maximum atomic E-state index is 12.7. The molecule has 6 heteroatoms. The zero-order valence-corrected chi connectivity index (χ0v) is 13.9. The molecular weight excluding hydrogens is 312 g/mol. The van der Waals surface area contributed by atoms with Gasteiger partial charge in [0, 0.05) is 42.0 Å². The molecule has 0 radical (unpaired) electrons. The Morgan fingerprint density at radius 3 is 2.39 bits per heavy atom. The van der Waals surface area contributed by atoms with Crippen molar-refractivity contribution in [3.05, 3.63) is 42.7 Å². The molecule has 1 aliphatic rings. The maximum Gasteiger partial charge on any atom is 0.240 e. The molecule has 3 rings (SSSR count). The zero-order chi connectivity index (χ0) is 16.2. The number of amides is 1. The summed E-state index contributed by atoms with van der Waals surface area (Å²) in [7, 11) is 3.21. The Bertz CT molecular complexity index is 671. The van der Waals surface area contributed by atoms with Crippen LogP contribution in [0.5, 0.6) is 11.5 Å². The van der Waals surface area contributed by atoms with Crippen LogP contribution in [0.15, 0.2) is 47.6 Å². The highest BCUT2D eigenvalue weighted by Gasteiger charge is 2.33. The third kappa shape index (κ3) is 3.42. The standard InChI is InChI=1S/C17H18N2O3S/c1-21-13-9-12(10-14(11-13)22-2)19-8-5-16(17(19)20)23-15-3-6-18-7-4-15/h3-4,6-7,9-11,16H,5,8H2,1-2H3/t16-/m0/s1. The lowest BCUT2D eigenvalue weighted by molar-refractivity contribution is -0.116. The van der Waals surface area contributed by atoms with Crippen LogP contribution in [0.25, 0.3) is 0 Å². The van der Waals surface area contributed by atoms with Gasteiger partial charge in [0.05, 0.1) is 25.2 Å². The Balaban J connectivity index is 1.79. The number of thioether (sulfide) groups is 1. The van der Waals surface area contributed by atoms with Gasteiger partial charge in [-0.05, 0) is 18.6 Å². The molecule has 0 spiro atoms. The summed E-state index contributed by atoms with van der Waals surface area (Å²) in [6, 6.07) is 9.37. The van der Waals surface area contributed by atoms with Crippen molar-refractivity contribution in [1.82, 2.24) is 4.98 Å². The van der Waals surface area contributed by atoms with Gasteiger partial charge in [-0.1, -0.05) is 0 Å². The molecule has 1 saturated heterocycles. The van der Waals surface area contributed by atoms with Crippen LogP contribution in [0.1, 0.15) is 6.42 Å². The first-order valence-corrected chi connectivity index (χ1v) is 8.20. The molecule has 0 aliphatic carbocycles. The monoisotopic (exact) mass is 330 g/mol. The average Bonchev–Trinajstić information content (AvgIpc) is 2.96. The predicted molar refractivity (Wildman–Crippen MR) is 90.4 cm³/mol. The highest BCUT2D eigenvalue weighted by molar-refractivity contribution is 8.00. The normalized spacial score (nSPS) is 17.4. The van der Waals surface area contributed by atoms with E-state index in [1.807, 2.05) is 24.3 Å². The van der Waals surface area contributed by atoms with Crippen molar-refractivity contribution in [2.24, 2.45) is 0 Å². The van der Waals surface area contributed by atoms with Crippen molar-refractivity contribution in [2.75, 3.05) is 25.7 Å². The van der Waals surface area contributed by atoms with Gasteiger partial charge in [0.2, 0.25) is 5.91 Å². The second-order valence-electron chi connectivity index (χ2n) is 5.14. The van der Waals surface area contributed by atoms with E-state index in [1.54, 1.807) is 49.3 Å². The Morgan fingerprint density at radius 2 is 1.78 bits per heavy atom. The van der Waals surface area contributed by atoms with E-state index < -0.39 is 0 Å². The number of aromatic nitrogens is 1. The number of carbonyl (C=O) groups is 1. The van der Waals surface area contributed by atoms with Crippen molar-refractivity contribution < 1.29 is 14.3 Å². The molecule has 5 nitrogen and oxygen atoms in total. The summed E-state index contributed by atoms with van der Waals surface area (Å²) < 4.78 is 10.6. The van der Waals surface area contributed by atoms with Crippen LogP contribution >= 0.6 is 11.8 Å². The summed E-state index contributed by atoms with van der Waals surface area (Å²) in [6.07, 6.45) is 4.30. The number of nitrogens with zero attached hydrogens (tertiary/aromatic N) is 2. The summed E-state index contributed by atoms with van der Waals surface area (Å²) in [5, 5.41) is -0.0744. The second kappa shape index (κ2) is 6.91. The lowest BCUT2D eigenvalue weighted by Gasteiger charge is -2.18. The Labute approximate surface area is 139 Å². The topological polar surface area (TPSA) is 51.7 Å². The highest BCUT2D eigenvalue weighted by atomic mass is 32.2. The number of benzene rings is 1. The lowest BCUT2D eigenvalue weighted by atomic mass is 10.2. The van der Waals surface area contributed by atoms with E-state index in [0.29, 0.717) is 18.0 Å². The predicted octanol–water partition coefficient (Wildman–Crippen LogP) is 3.00. The molecule has 1 aromatic heterocycles. The van der Waals surface area contributed by atoms with Crippen molar-refractivity contribution >= 4 is 23.4 Å².